The summed E-state index contributed by atoms with van der Waals surface area (Å²) in [4.78, 5) is 38.9. The lowest BCUT2D eigenvalue weighted by atomic mass is 10.0. The Bertz CT molecular complexity index is 961. The van der Waals surface area contributed by atoms with Crippen LogP contribution in [0.2, 0.25) is 0 Å². The SMILES string of the molecule is CC(C)(CNC(=O)N1CCN(Cc2nc3ccccc3c(=O)[nH]2)CC1)N1CCOCC1. The van der Waals surface area contributed by atoms with E-state index in [-0.39, 0.29) is 17.1 Å². The van der Waals surface area contributed by atoms with Crippen LogP contribution in [0.25, 0.3) is 10.9 Å². The summed E-state index contributed by atoms with van der Waals surface area (Å²) in [6.45, 7) is 11.6. The number of nitrogens with one attached hydrogen (secondary N) is 2. The van der Waals surface area contributed by atoms with Crippen molar-refractivity contribution in [3.05, 3.63) is 40.4 Å². The first-order valence-corrected chi connectivity index (χ1v) is 11.0. The molecule has 2 fully saturated rings. The predicted octanol–water partition coefficient (Wildman–Crippen LogP) is 0.861. The van der Waals surface area contributed by atoms with E-state index < -0.39 is 0 Å². The molecule has 168 valence electrons. The summed E-state index contributed by atoms with van der Waals surface area (Å²) in [5, 5.41) is 3.71. The molecule has 0 unspecified atom stereocenters. The van der Waals surface area contributed by atoms with E-state index in [4.69, 9.17) is 4.74 Å². The second-order valence-electron chi connectivity index (χ2n) is 8.86. The van der Waals surface area contributed by atoms with Crippen molar-refractivity contribution in [2.75, 3.05) is 59.0 Å². The zero-order chi connectivity index (χ0) is 21.8. The highest BCUT2D eigenvalue weighted by Crippen LogP contribution is 2.15. The van der Waals surface area contributed by atoms with Gasteiger partial charge in [0.15, 0.2) is 0 Å². The molecular weight excluding hydrogens is 396 g/mol. The lowest BCUT2D eigenvalue weighted by Gasteiger charge is -2.41. The molecule has 1 aromatic heterocycles. The van der Waals surface area contributed by atoms with Gasteiger partial charge in [-0.2, -0.15) is 0 Å². The molecule has 3 heterocycles. The number of H-pyrrole nitrogens is 1. The number of benzene rings is 1. The topological polar surface area (TPSA) is 93.8 Å². The Morgan fingerprint density at radius 3 is 2.58 bits per heavy atom. The van der Waals surface area contributed by atoms with E-state index in [2.05, 4.69) is 38.9 Å². The largest absolute Gasteiger partial charge is 0.379 e. The number of morpholine rings is 1. The molecule has 9 heteroatoms. The second-order valence-corrected chi connectivity index (χ2v) is 8.86. The van der Waals surface area contributed by atoms with Crippen molar-refractivity contribution in [2.45, 2.75) is 25.9 Å². The molecule has 2 N–H and O–H groups in total. The fraction of sp³-hybridized carbons (Fsp3) is 0.591. The minimum atomic E-state index is -0.110. The molecule has 9 nitrogen and oxygen atoms in total. The van der Waals surface area contributed by atoms with E-state index in [0.717, 1.165) is 39.4 Å². The van der Waals surface area contributed by atoms with Crippen LogP contribution in [0.5, 0.6) is 0 Å². The Balaban J connectivity index is 1.26. The predicted molar refractivity (Wildman–Crippen MR) is 119 cm³/mol. The maximum atomic E-state index is 12.7. The quantitative estimate of drug-likeness (QED) is 0.734. The van der Waals surface area contributed by atoms with Gasteiger partial charge in [0.25, 0.3) is 5.56 Å². The van der Waals surface area contributed by atoms with Gasteiger partial charge in [0.05, 0.1) is 30.7 Å². The molecule has 2 saturated heterocycles. The number of amides is 2. The Morgan fingerprint density at radius 2 is 1.84 bits per heavy atom. The molecule has 1 aromatic carbocycles. The van der Waals surface area contributed by atoms with Crippen LogP contribution in [-0.2, 0) is 11.3 Å². The highest BCUT2D eigenvalue weighted by atomic mass is 16.5. The van der Waals surface area contributed by atoms with Gasteiger partial charge in [-0.3, -0.25) is 14.6 Å². The van der Waals surface area contributed by atoms with E-state index >= 15 is 0 Å². The molecular formula is C22H32N6O3. The molecule has 0 aliphatic carbocycles. The molecule has 4 rings (SSSR count). The number of hydrogen-bond acceptors (Lipinski definition) is 6. The first kappa shape index (κ1) is 21.7. The number of hydrogen-bond donors (Lipinski definition) is 2. The summed E-state index contributed by atoms with van der Waals surface area (Å²) in [5.74, 6) is 0.661. The Labute approximate surface area is 182 Å². The number of piperazine rings is 1. The van der Waals surface area contributed by atoms with Crippen molar-refractivity contribution in [3.63, 3.8) is 0 Å². The van der Waals surface area contributed by atoms with Crippen molar-refractivity contribution in [3.8, 4) is 0 Å². The van der Waals surface area contributed by atoms with Crippen molar-refractivity contribution in [1.82, 2.24) is 30.0 Å². The van der Waals surface area contributed by atoms with Gasteiger partial charge in [0, 0.05) is 51.4 Å². The molecule has 31 heavy (non-hydrogen) atoms. The zero-order valence-electron chi connectivity index (χ0n) is 18.4. The minimum Gasteiger partial charge on any atom is -0.379 e. The molecule has 0 saturated carbocycles. The zero-order valence-corrected chi connectivity index (χ0v) is 18.4. The first-order chi connectivity index (χ1) is 14.9. The fourth-order valence-corrected chi connectivity index (χ4v) is 4.21. The summed E-state index contributed by atoms with van der Waals surface area (Å²) < 4.78 is 5.43. The standard InChI is InChI=1S/C22H32N6O3/c1-22(2,28-11-13-31-14-12-28)16-23-21(30)27-9-7-26(8-10-27)15-19-24-18-6-4-3-5-17(18)20(29)25-19/h3-6H,7-16H2,1-2H3,(H,23,30)(H,24,25,29). The number of rotatable bonds is 5. The average molecular weight is 429 g/mol. The van der Waals surface area contributed by atoms with Gasteiger partial charge >= 0.3 is 6.03 Å². The van der Waals surface area contributed by atoms with Gasteiger partial charge in [0.2, 0.25) is 0 Å². The van der Waals surface area contributed by atoms with E-state index in [1.807, 2.05) is 23.1 Å². The third-order valence-corrected chi connectivity index (χ3v) is 6.23. The molecule has 2 amide bonds. The third kappa shape index (κ3) is 5.23. The summed E-state index contributed by atoms with van der Waals surface area (Å²) in [5.41, 5.74) is 0.498. The number of aromatic amines is 1. The van der Waals surface area contributed by atoms with Crippen LogP contribution in [0.15, 0.2) is 29.1 Å². The number of fused-ring (bicyclic) bond motifs is 1. The molecule has 0 atom stereocenters. The van der Waals surface area contributed by atoms with Crippen LogP contribution in [0.3, 0.4) is 0 Å². The van der Waals surface area contributed by atoms with Crippen molar-refractivity contribution >= 4 is 16.9 Å². The lowest BCUT2D eigenvalue weighted by molar-refractivity contribution is -0.00917. The van der Waals surface area contributed by atoms with E-state index in [1.165, 1.54) is 0 Å². The summed E-state index contributed by atoms with van der Waals surface area (Å²) >= 11 is 0. The number of urea groups is 1. The fourth-order valence-electron chi connectivity index (χ4n) is 4.21. The summed E-state index contributed by atoms with van der Waals surface area (Å²) in [6, 6.07) is 7.34. The van der Waals surface area contributed by atoms with E-state index in [1.54, 1.807) is 6.07 Å². The van der Waals surface area contributed by atoms with E-state index in [9.17, 15) is 9.59 Å². The monoisotopic (exact) mass is 428 g/mol. The number of para-hydroxylation sites is 1. The molecule has 0 bridgehead atoms. The summed E-state index contributed by atoms with van der Waals surface area (Å²) in [7, 11) is 0. The maximum absolute atomic E-state index is 12.7. The molecule has 0 spiro atoms. The number of nitrogens with zero attached hydrogens (tertiary/aromatic N) is 4. The Morgan fingerprint density at radius 1 is 1.13 bits per heavy atom. The van der Waals surface area contributed by atoms with Crippen molar-refractivity contribution in [2.24, 2.45) is 0 Å². The van der Waals surface area contributed by atoms with Crippen LogP contribution in [-0.4, -0.2) is 95.3 Å². The third-order valence-electron chi connectivity index (χ3n) is 6.23. The van der Waals surface area contributed by atoms with Gasteiger partial charge in [-0.1, -0.05) is 12.1 Å². The average Bonchev–Trinajstić information content (AvgIpc) is 2.79. The minimum absolute atomic E-state index is 0.0155. The first-order valence-electron chi connectivity index (χ1n) is 11.0. The van der Waals surface area contributed by atoms with Crippen LogP contribution < -0.4 is 10.9 Å². The maximum Gasteiger partial charge on any atom is 0.317 e. The summed E-state index contributed by atoms with van der Waals surface area (Å²) in [6.07, 6.45) is 0. The highest BCUT2D eigenvalue weighted by molar-refractivity contribution is 5.77. The molecule has 2 aliphatic heterocycles. The number of aromatic nitrogens is 2. The van der Waals surface area contributed by atoms with Gasteiger partial charge in [-0.25, -0.2) is 9.78 Å². The molecule has 2 aliphatic rings. The van der Waals surface area contributed by atoms with Crippen LogP contribution >= 0.6 is 0 Å². The Kier molecular flexibility index (Phi) is 6.54. The van der Waals surface area contributed by atoms with E-state index in [0.29, 0.717) is 42.9 Å². The lowest BCUT2D eigenvalue weighted by Crippen LogP contribution is -2.58. The van der Waals surface area contributed by atoms with Crippen molar-refractivity contribution in [1.29, 1.82) is 0 Å². The number of ether oxygens (including phenoxy) is 1. The second kappa shape index (κ2) is 9.33. The van der Waals surface area contributed by atoms with Crippen LogP contribution in [0.4, 0.5) is 4.79 Å². The molecule has 0 radical (unpaired) electrons. The van der Waals surface area contributed by atoms with Gasteiger partial charge in [-0.05, 0) is 26.0 Å². The van der Waals surface area contributed by atoms with Crippen molar-refractivity contribution < 1.29 is 9.53 Å². The molecule has 2 aromatic rings. The van der Waals surface area contributed by atoms with Crippen LogP contribution in [0.1, 0.15) is 19.7 Å². The van der Waals surface area contributed by atoms with Gasteiger partial charge < -0.3 is 19.9 Å². The van der Waals surface area contributed by atoms with Gasteiger partial charge in [-0.15, -0.1) is 0 Å². The number of carbonyl (C=O) groups excluding carboxylic acids is 1. The smallest absolute Gasteiger partial charge is 0.317 e. The normalized spacial score (nSPS) is 19.0. The highest BCUT2D eigenvalue weighted by Gasteiger charge is 2.30. The Hall–Kier alpha value is -2.49. The number of carbonyl (C=O) groups is 1. The van der Waals surface area contributed by atoms with Gasteiger partial charge in [0.1, 0.15) is 5.82 Å². The van der Waals surface area contributed by atoms with Crippen LogP contribution in [0, 0.1) is 0 Å².